The molecule has 1 aromatic carbocycles. The van der Waals surface area contributed by atoms with Gasteiger partial charge in [0.2, 0.25) is 0 Å². The lowest BCUT2D eigenvalue weighted by atomic mass is 9.91. The van der Waals surface area contributed by atoms with Crippen molar-refractivity contribution in [1.29, 1.82) is 0 Å². The Bertz CT molecular complexity index is 415. The first kappa shape index (κ1) is 12.1. The topological polar surface area (TPSA) is 26.3 Å². The molecule has 17 heavy (non-hydrogen) atoms. The van der Waals surface area contributed by atoms with E-state index in [2.05, 4.69) is 0 Å². The molecule has 0 spiro atoms. The van der Waals surface area contributed by atoms with E-state index in [-0.39, 0.29) is 17.5 Å². The standard InChI is InChI=1S/C14H17FO2/c1-17-12-6-7-13(14(15)9-12)10-4-2-3-5-11(16)8-10/h6-7,9-10H,2-5,8H2,1H3. The van der Waals surface area contributed by atoms with E-state index >= 15 is 0 Å². The largest absolute Gasteiger partial charge is 0.497 e. The molecular formula is C14H17FO2. The number of Topliss-reactive ketones (excluding diaryl/α,β-unsaturated/α-hetero) is 1. The summed E-state index contributed by atoms with van der Waals surface area (Å²) >= 11 is 0. The fourth-order valence-electron chi connectivity index (χ4n) is 2.42. The molecule has 92 valence electrons. The van der Waals surface area contributed by atoms with Crippen molar-refractivity contribution in [1.82, 2.24) is 0 Å². The van der Waals surface area contributed by atoms with Gasteiger partial charge in [0.05, 0.1) is 7.11 Å². The molecule has 0 saturated heterocycles. The minimum absolute atomic E-state index is 0.0379. The molecule has 1 unspecified atom stereocenters. The van der Waals surface area contributed by atoms with Crippen LogP contribution in [0.1, 0.15) is 43.6 Å². The van der Waals surface area contributed by atoms with E-state index in [0.717, 1.165) is 19.3 Å². The van der Waals surface area contributed by atoms with E-state index in [4.69, 9.17) is 4.74 Å². The second-order valence-electron chi connectivity index (χ2n) is 4.57. The maximum absolute atomic E-state index is 13.9. The quantitative estimate of drug-likeness (QED) is 0.735. The van der Waals surface area contributed by atoms with Gasteiger partial charge in [-0.05, 0) is 30.4 Å². The van der Waals surface area contributed by atoms with Crippen LogP contribution in [-0.2, 0) is 4.79 Å². The van der Waals surface area contributed by atoms with Crippen molar-refractivity contribution in [2.75, 3.05) is 7.11 Å². The summed E-state index contributed by atoms with van der Waals surface area (Å²) in [6, 6.07) is 4.90. The van der Waals surface area contributed by atoms with E-state index < -0.39 is 0 Å². The van der Waals surface area contributed by atoms with E-state index in [0.29, 0.717) is 24.2 Å². The Labute approximate surface area is 101 Å². The third kappa shape index (κ3) is 2.84. The number of methoxy groups -OCH3 is 1. The number of carbonyl (C=O) groups is 1. The zero-order valence-corrected chi connectivity index (χ0v) is 10.0. The molecule has 0 aromatic heterocycles. The third-order valence-electron chi connectivity index (χ3n) is 3.38. The summed E-state index contributed by atoms with van der Waals surface area (Å²) in [6.07, 6.45) is 3.96. The molecule has 2 nitrogen and oxygen atoms in total. The molecule has 0 heterocycles. The molecular weight excluding hydrogens is 219 g/mol. The molecule has 1 aliphatic rings. The molecule has 0 bridgehead atoms. The van der Waals surface area contributed by atoms with Gasteiger partial charge in [0, 0.05) is 18.9 Å². The summed E-state index contributed by atoms with van der Waals surface area (Å²) in [6.45, 7) is 0. The number of hydrogen-bond acceptors (Lipinski definition) is 2. The summed E-state index contributed by atoms with van der Waals surface area (Å²) in [5.41, 5.74) is 0.654. The van der Waals surface area contributed by atoms with Crippen LogP contribution in [-0.4, -0.2) is 12.9 Å². The predicted octanol–water partition coefficient (Wildman–Crippen LogP) is 3.45. The number of halogens is 1. The minimum atomic E-state index is -0.260. The fourth-order valence-corrected chi connectivity index (χ4v) is 2.42. The summed E-state index contributed by atoms with van der Waals surface area (Å²) in [4.78, 5) is 11.6. The highest BCUT2D eigenvalue weighted by Crippen LogP contribution is 2.32. The van der Waals surface area contributed by atoms with Gasteiger partial charge < -0.3 is 4.74 Å². The summed E-state index contributed by atoms with van der Waals surface area (Å²) in [7, 11) is 1.52. The molecule has 1 aliphatic carbocycles. The Kier molecular flexibility index (Phi) is 3.77. The average Bonchev–Trinajstić information content (AvgIpc) is 2.53. The normalized spacial score (nSPS) is 21.1. The van der Waals surface area contributed by atoms with Crippen LogP contribution in [0.3, 0.4) is 0 Å². The molecule has 0 aliphatic heterocycles. The number of benzene rings is 1. The molecule has 0 amide bonds. The van der Waals surface area contributed by atoms with Crippen LogP contribution in [0.2, 0.25) is 0 Å². The summed E-state index contributed by atoms with van der Waals surface area (Å²) in [5, 5.41) is 0. The van der Waals surface area contributed by atoms with E-state index in [1.807, 2.05) is 0 Å². The first-order valence-electron chi connectivity index (χ1n) is 6.06. The third-order valence-corrected chi connectivity index (χ3v) is 3.38. The van der Waals surface area contributed by atoms with Crippen LogP contribution in [0.5, 0.6) is 5.75 Å². The van der Waals surface area contributed by atoms with E-state index in [1.54, 1.807) is 12.1 Å². The number of hydrogen-bond donors (Lipinski definition) is 0. The highest BCUT2D eigenvalue weighted by atomic mass is 19.1. The lowest BCUT2D eigenvalue weighted by molar-refractivity contribution is -0.119. The maximum Gasteiger partial charge on any atom is 0.133 e. The van der Waals surface area contributed by atoms with Gasteiger partial charge in [0.15, 0.2) is 0 Å². The average molecular weight is 236 g/mol. The van der Waals surface area contributed by atoms with E-state index in [1.165, 1.54) is 13.2 Å². The van der Waals surface area contributed by atoms with Crippen molar-refractivity contribution >= 4 is 5.78 Å². The van der Waals surface area contributed by atoms with Crippen molar-refractivity contribution in [3.63, 3.8) is 0 Å². The lowest BCUT2D eigenvalue weighted by Crippen LogP contribution is -2.05. The number of ether oxygens (including phenoxy) is 1. The Morgan fingerprint density at radius 1 is 1.35 bits per heavy atom. The van der Waals surface area contributed by atoms with Crippen LogP contribution < -0.4 is 4.74 Å². The van der Waals surface area contributed by atoms with Crippen molar-refractivity contribution in [2.24, 2.45) is 0 Å². The van der Waals surface area contributed by atoms with Gasteiger partial charge in [-0.25, -0.2) is 4.39 Å². The molecule has 3 heteroatoms. The molecule has 1 saturated carbocycles. The van der Waals surface area contributed by atoms with Gasteiger partial charge in [-0.15, -0.1) is 0 Å². The minimum Gasteiger partial charge on any atom is -0.497 e. The Balaban J connectivity index is 2.23. The fraction of sp³-hybridized carbons (Fsp3) is 0.500. The SMILES string of the molecule is COc1ccc(C2CCCCC(=O)C2)c(F)c1. The van der Waals surface area contributed by atoms with Gasteiger partial charge in [-0.3, -0.25) is 4.79 Å². The zero-order chi connectivity index (χ0) is 12.3. The van der Waals surface area contributed by atoms with Crippen molar-refractivity contribution in [3.05, 3.63) is 29.6 Å². The number of carbonyl (C=O) groups excluding carboxylic acids is 1. The molecule has 1 fully saturated rings. The second kappa shape index (κ2) is 5.30. The Morgan fingerprint density at radius 2 is 2.18 bits per heavy atom. The highest BCUT2D eigenvalue weighted by molar-refractivity contribution is 5.79. The number of ketones is 1. The first-order valence-corrected chi connectivity index (χ1v) is 6.06. The summed E-state index contributed by atoms with van der Waals surface area (Å²) < 4.78 is 18.9. The van der Waals surface area contributed by atoms with Crippen LogP contribution in [0.25, 0.3) is 0 Å². The molecule has 0 N–H and O–H groups in total. The first-order chi connectivity index (χ1) is 8.20. The van der Waals surface area contributed by atoms with Crippen LogP contribution in [0.4, 0.5) is 4.39 Å². The van der Waals surface area contributed by atoms with Crippen LogP contribution in [0.15, 0.2) is 18.2 Å². The van der Waals surface area contributed by atoms with Gasteiger partial charge in [-0.1, -0.05) is 12.5 Å². The highest BCUT2D eigenvalue weighted by Gasteiger charge is 2.22. The summed E-state index contributed by atoms with van der Waals surface area (Å²) in [5.74, 6) is 0.550. The monoisotopic (exact) mass is 236 g/mol. The van der Waals surface area contributed by atoms with Crippen molar-refractivity contribution in [2.45, 2.75) is 38.0 Å². The predicted molar refractivity (Wildman–Crippen MR) is 63.8 cm³/mol. The molecule has 1 atom stereocenters. The second-order valence-corrected chi connectivity index (χ2v) is 4.57. The van der Waals surface area contributed by atoms with E-state index in [9.17, 15) is 9.18 Å². The van der Waals surface area contributed by atoms with Crippen molar-refractivity contribution in [3.8, 4) is 5.75 Å². The van der Waals surface area contributed by atoms with Gasteiger partial charge in [-0.2, -0.15) is 0 Å². The molecule has 0 radical (unpaired) electrons. The van der Waals surface area contributed by atoms with Crippen LogP contribution in [0, 0.1) is 5.82 Å². The number of rotatable bonds is 2. The Morgan fingerprint density at radius 3 is 2.88 bits per heavy atom. The van der Waals surface area contributed by atoms with Gasteiger partial charge >= 0.3 is 0 Å². The van der Waals surface area contributed by atoms with Gasteiger partial charge in [0.25, 0.3) is 0 Å². The Hall–Kier alpha value is -1.38. The van der Waals surface area contributed by atoms with Crippen LogP contribution >= 0.6 is 0 Å². The smallest absolute Gasteiger partial charge is 0.133 e. The molecule has 2 rings (SSSR count). The van der Waals surface area contributed by atoms with Crippen molar-refractivity contribution < 1.29 is 13.9 Å². The lowest BCUT2D eigenvalue weighted by Gasteiger charge is -2.15. The zero-order valence-electron chi connectivity index (χ0n) is 10.0. The molecule has 1 aromatic rings. The maximum atomic E-state index is 13.9. The van der Waals surface area contributed by atoms with Gasteiger partial charge in [0.1, 0.15) is 17.3 Å².